The second-order valence-corrected chi connectivity index (χ2v) is 11.7. The van der Waals surface area contributed by atoms with Crippen LogP contribution >= 0.6 is 0 Å². The number of rotatable bonds is 6. The van der Waals surface area contributed by atoms with Crippen molar-refractivity contribution in [2.45, 2.75) is 70.7 Å². The van der Waals surface area contributed by atoms with E-state index in [2.05, 4.69) is 6.92 Å². The van der Waals surface area contributed by atoms with Crippen molar-refractivity contribution in [1.82, 2.24) is 0 Å². The molecular formula is C31H34F5NO3. The Bertz CT molecular complexity index is 1200. The highest BCUT2D eigenvalue weighted by atomic mass is 19.3. The van der Waals surface area contributed by atoms with Crippen LogP contribution in [0.5, 0.6) is 5.75 Å². The van der Waals surface area contributed by atoms with Crippen molar-refractivity contribution in [2.75, 3.05) is 13.2 Å². The lowest BCUT2D eigenvalue weighted by Gasteiger charge is -2.41. The second-order valence-electron chi connectivity index (χ2n) is 11.7. The number of hydrogen-bond donors (Lipinski definition) is 0. The first kappa shape index (κ1) is 28.8. The third-order valence-electron chi connectivity index (χ3n) is 8.85. The van der Waals surface area contributed by atoms with Gasteiger partial charge in [-0.2, -0.15) is 14.0 Å². The molecule has 1 heterocycles. The number of alkyl halides is 2. The zero-order valence-electron chi connectivity index (χ0n) is 22.5. The van der Waals surface area contributed by atoms with Gasteiger partial charge in [-0.1, -0.05) is 13.0 Å². The first-order valence-electron chi connectivity index (χ1n) is 14.1. The van der Waals surface area contributed by atoms with E-state index in [1.165, 1.54) is 6.07 Å². The topological polar surface area (TPSA) is 51.5 Å². The zero-order chi connectivity index (χ0) is 28.4. The standard InChI is InChI=1S/C31H34F5NO3/c1-18-16-38-30(39-17-18)21-4-2-19(3-5-21)20-8-10-24(11-9-20)31(35,36)40-25-13-27(33)29(28(34)14-25)22-6-7-23(15-37)26(32)12-22/h6-7,12-14,18-21,24,30H,2-5,8-11,16-17H2,1H3. The van der Waals surface area contributed by atoms with E-state index in [1.807, 2.05) is 0 Å². The molecule has 3 aliphatic rings. The van der Waals surface area contributed by atoms with Gasteiger partial charge in [0, 0.05) is 24.0 Å². The molecule has 2 aliphatic carbocycles. The van der Waals surface area contributed by atoms with Crippen LogP contribution in [0.4, 0.5) is 22.0 Å². The summed E-state index contributed by atoms with van der Waals surface area (Å²) in [6, 6.07) is 6.13. The second kappa shape index (κ2) is 12.0. The van der Waals surface area contributed by atoms with Crippen LogP contribution in [-0.2, 0) is 9.47 Å². The minimum atomic E-state index is -3.59. The molecule has 2 saturated carbocycles. The van der Waals surface area contributed by atoms with Crippen molar-refractivity contribution in [3.63, 3.8) is 0 Å². The Morgan fingerprint density at radius 3 is 1.90 bits per heavy atom. The van der Waals surface area contributed by atoms with Crippen molar-refractivity contribution in [3.05, 3.63) is 53.3 Å². The van der Waals surface area contributed by atoms with Crippen LogP contribution in [0.25, 0.3) is 11.1 Å². The highest BCUT2D eigenvalue weighted by Gasteiger charge is 2.45. The van der Waals surface area contributed by atoms with Crippen LogP contribution < -0.4 is 4.74 Å². The number of nitrogens with zero attached hydrogens (tertiary/aromatic N) is 1. The maximum Gasteiger partial charge on any atom is 0.400 e. The number of nitriles is 1. The molecule has 2 aromatic carbocycles. The van der Waals surface area contributed by atoms with Gasteiger partial charge in [-0.25, -0.2) is 13.2 Å². The Morgan fingerprint density at radius 2 is 1.35 bits per heavy atom. The summed E-state index contributed by atoms with van der Waals surface area (Å²) in [6.07, 6.45) is 2.29. The number of benzene rings is 2. The van der Waals surface area contributed by atoms with Gasteiger partial charge in [0.1, 0.15) is 29.3 Å². The van der Waals surface area contributed by atoms with Crippen molar-refractivity contribution in [2.24, 2.45) is 29.6 Å². The largest absolute Gasteiger partial charge is 0.432 e. The van der Waals surface area contributed by atoms with Gasteiger partial charge >= 0.3 is 6.11 Å². The molecule has 2 aromatic rings. The Balaban J connectivity index is 1.15. The third-order valence-corrected chi connectivity index (χ3v) is 8.85. The van der Waals surface area contributed by atoms with Crippen molar-refractivity contribution in [3.8, 4) is 22.9 Å². The highest BCUT2D eigenvalue weighted by Crippen LogP contribution is 2.46. The van der Waals surface area contributed by atoms with Gasteiger partial charge in [-0.15, -0.1) is 0 Å². The molecule has 40 heavy (non-hydrogen) atoms. The quantitative estimate of drug-likeness (QED) is 0.332. The molecule has 0 N–H and O–H groups in total. The normalized spacial score (nSPS) is 29.5. The zero-order valence-corrected chi connectivity index (χ0v) is 22.5. The summed E-state index contributed by atoms with van der Waals surface area (Å²) in [7, 11) is 0. The van der Waals surface area contributed by atoms with E-state index in [0.29, 0.717) is 48.6 Å². The highest BCUT2D eigenvalue weighted by molar-refractivity contribution is 5.67. The molecule has 1 saturated heterocycles. The minimum absolute atomic E-state index is 0.127. The van der Waals surface area contributed by atoms with Gasteiger partial charge < -0.3 is 14.2 Å². The van der Waals surface area contributed by atoms with E-state index in [4.69, 9.17) is 19.5 Å². The fourth-order valence-electron chi connectivity index (χ4n) is 6.59. The van der Waals surface area contributed by atoms with E-state index in [0.717, 1.165) is 51.0 Å². The molecule has 0 unspecified atom stereocenters. The number of hydrogen-bond acceptors (Lipinski definition) is 4. The molecule has 0 bridgehead atoms. The van der Waals surface area contributed by atoms with Crippen LogP contribution in [0.2, 0.25) is 0 Å². The van der Waals surface area contributed by atoms with Crippen LogP contribution in [0, 0.1) is 58.4 Å². The summed E-state index contributed by atoms with van der Waals surface area (Å²) < 4.78 is 90.3. The average molecular weight is 564 g/mol. The van der Waals surface area contributed by atoms with Gasteiger partial charge in [-0.05, 0) is 80.9 Å². The molecule has 9 heteroatoms. The fourth-order valence-corrected chi connectivity index (χ4v) is 6.59. The van der Waals surface area contributed by atoms with Crippen LogP contribution in [0.1, 0.15) is 63.9 Å². The molecule has 0 radical (unpaired) electrons. The molecule has 0 aromatic heterocycles. The van der Waals surface area contributed by atoms with E-state index < -0.39 is 40.8 Å². The summed E-state index contributed by atoms with van der Waals surface area (Å²) in [4.78, 5) is 0. The fraction of sp³-hybridized carbons (Fsp3) is 0.581. The lowest BCUT2D eigenvalue weighted by molar-refractivity contribution is -0.229. The van der Waals surface area contributed by atoms with Crippen LogP contribution in [0.15, 0.2) is 30.3 Å². The molecule has 216 valence electrons. The van der Waals surface area contributed by atoms with Gasteiger partial charge in [0.25, 0.3) is 0 Å². The SMILES string of the molecule is CC1COC(C2CCC(C3CCC(C(F)(F)Oc4cc(F)c(-c5ccc(C#N)c(F)c5)c(F)c4)CC3)CC2)OC1. The van der Waals surface area contributed by atoms with E-state index >= 15 is 8.78 Å². The molecule has 1 aliphatic heterocycles. The summed E-state index contributed by atoms with van der Waals surface area (Å²) in [6.45, 7) is 3.56. The van der Waals surface area contributed by atoms with Gasteiger partial charge in [0.2, 0.25) is 0 Å². The van der Waals surface area contributed by atoms with E-state index in [9.17, 15) is 13.2 Å². The molecular weight excluding hydrogens is 529 g/mol. The molecule has 4 nitrogen and oxygen atoms in total. The molecule has 0 amide bonds. The molecule has 5 rings (SSSR count). The first-order chi connectivity index (χ1) is 19.1. The lowest BCUT2D eigenvalue weighted by atomic mass is 9.69. The Labute approximate surface area is 231 Å². The van der Waals surface area contributed by atoms with Crippen molar-refractivity contribution < 1.29 is 36.2 Å². The molecule has 0 atom stereocenters. The first-order valence-corrected chi connectivity index (χ1v) is 14.1. The van der Waals surface area contributed by atoms with Gasteiger partial charge in [-0.3, -0.25) is 0 Å². The summed E-state index contributed by atoms with van der Waals surface area (Å²) in [5.41, 5.74) is -0.999. The number of ether oxygens (including phenoxy) is 3. The van der Waals surface area contributed by atoms with E-state index in [1.54, 1.807) is 6.07 Å². The van der Waals surface area contributed by atoms with E-state index in [-0.39, 0.29) is 30.3 Å². The Hall–Kier alpha value is -2.70. The maximum absolute atomic E-state index is 15.1. The monoisotopic (exact) mass is 563 g/mol. The van der Waals surface area contributed by atoms with Crippen molar-refractivity contribution in [1.29, 1.82) is 5.26 Å². The maximum atomic E-state index is 15.1. The van der Waals surface area contributed by atoms with Crippen LogP contribution in [0.3, 0.4) is 0 Å². The third kappa shape index (κ3) is 6.28. The number of halogens is 5. The lowest BCUT2D eigenvalue weighted by Crippen LogP contribution is -2.40. The van der Waals surface area contributed by atoms with Crippen molar-refractivity contribution >= 4 is 0 Å². The van der Waals surface area contributed by atoms with Gasteiger partial charge in [0.15, 0.2) is 6.29 Å². The van der Waals surface area contributed by atoms with Crippen LogP contribution in [-0.4, -0.2) is 25.6 Å². The molecule has 3 fully saturated rings. The Morgan fingerprint density at radius 1 is 0.800 bits per heavy atom. The predicted molar refractivity (Wildman–Crippen MR) is 138 cm³/mol. The minimum Gasteiger partial charge on any atom is -0.432 e. The molecule has 0 spiro atoms. The Kier molecular flexibility index (Phi) is 8.67. The summed E-state index contributed by atoms with van der Waals surface area (Å²) in [5, 5.41) is 8.85. The summed E-state index contributed by atoms with van der Waals surface area (Å²) in [5.74, 6) is -3.25. The smallest absolute Gasteiger partial charge is 0.400 e. The summed E-state index contributed by atoms with van der Waals surface area (Å²) >= 11 is 0. The van der Waals surface area contributed by atoms with Gasteiger partial charge in [0.05, 0.1) is 30.3 Å². The predicted octanol–water partition coefficient (Wildman–Crippen LogP) is 8.24. The average Bonchev–Trinajstić information content (AvgIpc) is 2.93.